The van der Waals surface area contributed by atoms with Gasteiger partial charge in [-0.25, -0.2) is 0 Å². The van der Waals surface area contributed by atoms with Crippen molar-refractivity contribution in [1.29, 1.82) is 0 Å². The third kappa shape index (κ3) is 6.07. The predicted molar refractivity (Wildman–Crippen MR) is 98.4 cm³/mol. The van der Waals surface area contributed by atoms with Crippen LogP contribution in [0.25, 0.3) is 0 Å². The van der Waals surface area contributed by atoms with E-state index < -0.39 is 0 Å². The summed E-state index contributed by atoms with van der Waals surface area (Å²) < 4.78 is 5.74. The van der Waals surface area contributed by atoms with Gasteiger partial charge >= 0.3 is 0 Å². The van der Waals surface area contributed by atoms with Crippen LogP contribution in [0.2, 0.25) is 0 Å². The lowest BCUT2D eigenvalue weighted by Gasteiger charge is -2.14. The maximum Gasteiger partial charge on any atom is 0.223 e. The highest BCUT2D eigenvalue weighted by Crippen LogP contribution is 2.19. The Morgan fingerprint density at radius 2 is 1.88 bits per heavy atom. The number of nitrogens with one attached hydrogen (secondary N) is 1. The number of benzene rings is 2. The van der Waals surface area contributed by atoms with Gasteiger partial charge in [0.05, 0.1) is 13.0 Å². The molecule has 24 heavy (non-hydrogen) atoms. The molecule has 1 unspecified atom stereocenters. The lowest BCUT2D eigenvalue weighted by molar-refractivity contribution is -0.122. The highest BCUT2D eigenvalue weighted by atomic mass is 16.5. The van der Waals surface area contributed by atoms with Crippen LogP contribution < -0.4 is 10.1 Å². The van der Waals surface area contributed by atoms with Crippen molar-refractivity contribution in [3.63, 3.8) is 0 Å². The van der Waals surface area contributed by atoms with Crippen molar-refractivity contribution in [2.75, 3.05) is 6.61 Å². The van der Waals surface area contributed by atoms with E-state index in [9.17, 15) is 4.79 Å². The van der Waals surface area contributed by atoms with E-state index in [0.29, 0.717) is 13.0 Å². The van der Waals surface area contributed by atoms with Gasteiger partial charge in [0.1, 0.15) is 5.75 Å². The molecule has 1 amide bonds. The van der Waals surface area contributed by atoms with Gasteiger partial charge in [0.25, 0.3) is 0 Å². The number of rotatable bonds is 8. The summed E-state index contributed by atoms with van der Waals surface area (Å²) in [5.74, 6) is 0.904. The Kier molecular flexibility index (Phi) is 6.86. The van der Waals surface area contributed by atoms with Crippen LogP contribution in [0.1, 0.15) is 36.5 Å². The van der Waals surface area contributed by atoms with E-state index in [0.717, 1.165) is 29.7 Å². The molecule has 2 aromatic carbocycles. The molecule has 0 aliphatic rings. The molecule has 2 aromatic rings. The molecule has 0 bridgehead atoms. The van der Waals surface area contributed by atoms with Crippen molar-refractivity contribution in [1.82, 2.24) is 5.32 Å². The summed E-state index contributed by atoms with van der Waals surface area (Å²) >= 11 is 0. The minimum atomic E-state index is 0.0425. The number of ether oxygens (including phenoxy) is 1. The zero-order valence-electron chi connectivity index (χ0n) is 14.8. The number of aryl methyl sites for hydroxylation is 3. The quantitative estimate of drug-likeness (QED) is 0.789. The average Bonchev–Trinajstić information content (AvgIpc) is 2.57. The van der Waals surface area contributed by atoms with Crippen LogP contribution in [0.3, 0.4) is 0 Å². The number of hydrogen-bond donors (Lipinski definition) is 1. The van der Waals surface area contributed by atoms with Gasteiger partial charge in [-0.1, -0.05) is 42.5 Å². The highest BCUT2D eigenvalue weighted by molar-refractivity contribution is 5.76. The van der Waals surface area contributed by atoms with Gasteiger partial charge in [-0.2, -0.15) is 0 Å². The molecule has 0 saturated carbocycles. The van der Waals surface area contributed by atoms with E-state index >= 15 is 0 Å². The van der Waals surface area contributed by atoms with Gasteiger partial charge in [0.15, 0.2) is 0 Å². The third-order valence-corrected chi connectivity index (χ3v) is 4.05. The summed E-state index contributed by atoms with van der Waals surface area (Å²) in [5, 5.41) is 3.04. The lowest BCUT2D eigenvalue weighted by Crippen LogP contribution is -2.33. The third-order valence-electron chi connectivity index (χ3n) is 4.05. The second kappa shape index (κ2) is 9.11. The second-order valence-corrected chi connectivity index (χ2v) is 6.36. The Labute approximate surface area is 145 Å². The first kappa shape index (κ1) is 18.1. The molecule has 0 spiro atoms. The molecule has 1 atom stereocenters. The smallest absolute Gasteiger partial charge is 0.223 e. The molecule has 0 fully saturated rings. The lowest BCUT2D eigenvalue weighted by atomic mass is 10.1. The topological polar surface area (TPSA) is 38.3 Å². The molecule has 3 nitrogen and oxygen atoms in total. The fraction of sp³-hybridized carbons (Fsp3) is 0.381. The van der Waals surface area contributed by atoms with E-state index in [4.69, 9.17) is 4.74 Å². The van der Waals surface area contributed by atoms with E-state index in [-0.39, 0.29) is 11.9 Å². The molecule has 128 valence electrons. The summed E-state index contributed by atoms with van der Waals surface area (Å²) in [6.45, 7) is 6.50. The summed E-state index contributed by atoms with van der Waals surface area (Å²) in [5.41, 5.74) is 3.56. The summed E-state index contributed by atoms with van der Waals surface area (Å²) in [4.78, 5) is 12.0. The Hall–Kier alpha value is -2.29. The Morgan fingerprint density at radius 3 is 2.62 bits per heavy atom. The van der Waals surface area contributed by atoms with Crippen LogP contribution >= 0.6 is 0 Å². The second-order valence-electron chi connectivity index (χ2n) is 6.36. The molecule has 0 heterocycles. The normalized spacial score (nSPS) is 11.8. The van der Waals surface area contributed by atoms with Crippen LogP contribution in [0.5, 0.6) is 5.75 Å². The van der Waals surface area contributed by atoms with E-state index in [1.54, 1.807) is 0 Å². The van der Waals surface area contributed by atoms with Crippen molar-refractivity contribution in [3.05, 3.63) is 65.2 Å². The minimum absolute atomic E-state index is 0.0425. The van der Waals surface area contributed by atoms with Crippen molar-refractivity contribution >= 4 is 5.91 Å². The summed E-state index contributed by atoms with van der Waals surface area (Å²) in [7, 11) is 0. The van der Waals surface area contributed by atoms with Crippen molar-refractivity contribution < 1.29 is 9.53 Å². The minimum Gasteiger partial charge on any atom is -0.493 e. The molecule has 0 aliphatic heterocycles. The zero-order chi connectivity index (χ0) is 17.4. The van der Waals surface area contributed by atoms with Crippen molar-refractivity contribution in [2.24, 2.45) is 0 Å². The van der Waals surface area contributed by atoms with Gasteiger partial charge in [-0.15, -0.1) is 0 Å². The molecule has 0 aromatic heterocycles. The number of amides is 1. The first-order valence-electron chi connectivity index (χ1n) is 8.58. The molecular formula is C21H27NO2. The molecule has 3 heteroatoms. The van der Waals surface area contributed by atoms with E-state index in [1.165, 1.54) is 5.56 Å². The largest absolute Gasteiger partial charge is 0.493 e. The van der Waals surface area contributed by atoms with Crippen LogP contribution in [0.4, 0.5) is 0 Å². The van der Waals surface area contributed by atoms with Crippen molar-refractivity contribution in [2.45, 2.75) is 46.1 Å². The van der Waals surface area contributed by atoms with Crippen LogP contribution in [-0.4, -0.2) is 18.6 Å². The Morgan fingerprint density at radius 1 is 1.12 bits per heavy atom. The van der Waals surface area contributed by atoms with Crippen LogP contribution in [0, 0.1) is 13.8 Å². The monoisotopic (exact) mass is 325 g/mol. The van der Waals surface area contributed by atoms with Gasteiger partial charge in [0.2, 0.25) is 5.91 Å². The molecule has 0 aliphatic carbocycles. The maximum absolute atomic E-state index is 12.0. The fourth-order valence-electron chi connectivity index (χ4n) is 2.56. The average molecular weight is 325 g/mol. The molecule has 0 saturated heterocycles. The molecule has 2 rings (SSSR count). The Bertz CT molecular complexity index is 652. The van der Waals surface area contributed by atoms with Crippen molar-refractivity contribution in [3.8, 4) is 5.75 Å². The zero-order valence-corrected chi connectivity index (χ0v) is 14.8. The van der Waals surface area contributed by atoms with Crippen LogP contribution in [-0.2, 0) is 11.2 Å². The van der Waals surface area contributed by atoms with Gasteiger partial charge in [-0.05, 0) is 56.4 Å². The van der Waals surface area contributed by atoms with E-state index in [1.807, 2.05) is 51.1 Å². The fourth-order valence-corrected chi connectivity index (χ4v) is 2.56. The SMILES string of the molecule is Cc1ccc(C)c(OCCC(=O)NC(C)CCc2ccccc2)c1. The van der Waals surface area contributed by atoms with Gasteiger partial charge < -0.3 is 10.1 Å². The van der Waals surface area contributed by atoms with Gasteiger partial charge in [-0.3, -0.25) is 4.79 Å². The number of carbonyl (C=O) groups excluding carboxylic acids is 1. The summed E-state index contributed by atoms with van der Waals surface area (Å²) in [6.07, 6.45) is 2.29. The maximum atomic E-state index is 12.0. The molecule has 0 radical (unpaired) electrons. The molecular weight excluding hydrogens is 298 g/mol. The first-order chi connectivity index (χ1) is 11.5. The number of carbonyl (C=O) groups is 1. The van der Waals surface area contributed by atoms with Gasteiger partial charge in [0, 0.05) is 6.04 Å². The predicted octanol–water partition coefficient (Wildman–Crippen LogP) is 4.21. The first-order valence-corrected chi connectivity index (χ1v) is 8.58. The van der Waals surface area contributed by atoms with Crippen LogP contribution in [0.15, 0.2) is 48.5 Å². The Balaban J connectivity index is 1.68. The standard InChI is InChI=1S/C21H27NO2/c1-16-9-10-17(2)20(15-16)24-14-13-21(23)22-18(3)11-12-19-7-5-4-6-8-19/h4-10,15,18H,11-14H2,1-3H3,(H,22,23). The number of hydrogen-bond acceptors (Lipinski definition) is 2. The molecule has 1 N–H and O–H groups in total. The summed E-state index contributed by atoms with van der Waals surface area (Å²) in [6, 6.07) is 16.6. The van der Waals surface area contributed by atoms with E-state index in [2.05, 4.69) is 23.5 Å². The highest BCUT2D eigenvalue weighted by Gasteiger charge is 2.08.